The Morgan fingerprint density at radius 2 is 1.76 bits per heavy atom. The summed E-state index contributed by atoms with van der Waals surface area (Å²) >= 11 is 6.03. The topological polar surface area (TPSA) is 37.8 Å². The molecule has 1 aromatic carbocycles. The van der Waals surface area contributed by atoms with Gasteiger partial charge in [-0.15, -0.1) is 0 Å². The summed E-state index contributed by atoms with van der Waals surface area (Å²) in [5.41, 5.74) is 0.318. The number of hydrogen-bond acceptors (Lipinski definition) is 3. The first-order chi connectivity index (χ1) is 9.95. The first kappa shape index (κ1) is 14.1. The largest absolute Gasteiger partial charge is 0.337 e. The summed E-state index contributed by atoms with van der Waals surface area (Å²) in [6.45, 7) is 1.67. The number of anilines is 2. The van der Waals surface area contributed by atoms with Crippen molar-refractivity contribution >= 4 is 23.1 Å². The van der Waals surface area contributed by atoms with E-state index in [1.165, 1.54) is 0 Å². The molecule has 0 atom stereocenters. The fourth-order valence-corrected chi connectivity index (χ4v) is 2.07. The van der Waals surface area contributed by atoms with Crippen molar-refractivity contribution in [2.45, 2.75) is 25.7 Å². The molecule has 0 radical (unpaired) electrons. The van der Waals surface area contributed by atoms with Crippen LogP contribution in [0.15, 0.2) is 12.1 Å². The van der Waals surface area contributed by atoms with Crippen LogP contribution < -0.4 is 5.32 Å². The van der Waals surface area contributed by atoms with Crippen molar-refractivity contribution in [2.75, 3.05) is 5.32 Å². The fourth-order valence-electron chi connectivity index (χ4n) is 1.90. The van der Waals surface area contributed by atoms with Crippen LogP contribution in [0, 0.1) is 24.4 Å². The third kappa shape index (κ3) is 2.81. The highest BCUT2D eigenvalue weighted by Gasteiger charge is 2.28. The Kier molecular flexibility index (Phi) is 3.49. The number of rotatable bonds is 3. The van der Waals surface area contributed by atoms with Gasteiger partial charge in [-0.05, 0) is 19.8 Å². The highest BCUT2D eigenvalue weighted by Crippen LogP contribution is 2.39. The van der Waals surface area contributed by atoms with Gasteiger partial charge in [0.05, 0.1) is 5.69 Å². The first-order valence-corrected chi connectivity index (χ1v) is 6.79. The van der Waals surface area contributed by atoms with Crippen LogP contribution in [0.5, 0.6) is 0 Å². The van der Waals surface area contributed by atoms with Crippen molar-refractivity contribution in [2.24, 2.45) is 0 Å². The minimum atomic E-state index is -1.24. The molecule has 0 spiro atoms. The lowest BCUT2D eigenvalue weighted by Crippen LogP contribution is -2.05. The Bertz CT molecular complexity index is 717. The molecule has 0 aliphatic heterocycles. The average molecular weight is 314 g/mol. The van der Waals surface area contributed by atoms with Gasteiger partial charge in [0.15, 0.2) is 11.6 Å². The van der Waals surface area contributed by atoms with E-state index in [2.05, 4.69) is 15.3 Å². The van der Waals surface area contributed by atoms with E-state index in [4.69, 9.17) is 11.6 Å². The minimum absolute atomic E-state index is 0.200. The first-order valence-electron chi connectivity index (χ1n) is 6.41. The normalized spacial score (nSPS) is 14.3. The summed E-state index contributed by atoms with van der Waals surface area (Å²) in [6.07, 6.45) is 1.97. The van der Waals surface area contributed by atoms with Gasteiger partial charge >= 0.3 is 0 Å². The number of aromatic nitrogens is 2. The maximum atomic E-state index is 13.7. The lowest BCUT2D eigenvalue weighted by molar-refractivity contribution is 0.496. The zero-order valence-electron chi connectivity index (χ0n) is 11.1. The van der Waals surface area contributed by atoms with E-state index in [0.717, 1.165) is 18.9 Å². The Morgan fingerprint density at radius 3 is 2.43 bits per heavy atom. The molecule has 2 aromatic rings. The molecule has 1 fully saturated rings. The summed E-state index contributed by atoms with van der Waals surface area (Å²) in [7, 11) is 0. The Labute approximate surface area is 124 Å². The number of nitrogens with zero attached hydrogens (tertiary/aromatic N) is 2. The molecular weight excluding hydrogens is 303 g/mol. The molecule has 1 heterocycles. The summed E-state index contributed by atoms with van der Waals surface area (Å²) in [5.74, 6) is -2.15. The average Bonchev–Trinajstić information content (AvgIpc) is 3.25. The molecule has 1 aromatic heterocycles. The summed E-state index contributed by atoms with van der Waals surface area (Å²) < 4.78 is 39.8. The van der Waals surface area contributed by atoms with Gasteiger partial charge in [0.25, 0.3) is 0 Å². The molecule has 3 rings (SSSR count). The quantitative estimate of drug-likeness (QED) is 0.671. The predicted octanol–water partition coefficient (Wildman–Crippen LogP) is 4.48. The van der Waals surface area contributed by atoms with Gasteiger partial charge in [-0.1, -0.05) is 11.6 Å². The second-order valence-corrected chi connectivity index (χ2v) is 5.35. The molecule has 1 N–H and O–H groups in total. The summed E-state index contributed by atoms with van der Waals surface area (Å²) in [6, 6.07) is 1.23. The summed E-state index contributed by atoms with van der Waals surface area (Å²) in [4.78, 5) is 8.47. The van der Waals surface area contributed by atoms with Gasteiger partial charge in [0.1, 0.15) is 22.6 Å². The number of halogens is 4. The van der Waals surface area contributed by atoms with Crippen LogP contribution in [0.25, 0.3) is 0 Å². The Balaban J connectivity index is 1.99. The molecule has 110 valence electrons. The van der Waals surface area contributed by atoms with E-state index in [1.807, 2.05) is 0 Å². The van der Waals surface area contributed by atoms with Crippen molar-refractivity contribution in [3.8, 4) is 0 Å². The lowest BCUT2D eigenvalue weighted by atomic mass is 10.2. The number of hydrogen-bond donors (Lipinski definition) is 1. The molecular formula is C14H11ClF3N3. The van der Waals surface area contributed by atoms with Gasteiger partial charge in [-0.25, -0.2) is 23.1 Å². The van der Waals surface area contributed by atoms with Crippen LogP contribution in [-0.2, 0) is 0 Å². The van der Waals surface area contributed by atoms with Gasteiger partial charge in [0, 0.05) is 23.6 Å². The van der Waals surface area contributed by atoms with Crippen molar-refractivity contribution in [3.63, 3.8) is 0 Å². The highest BCUT2D eigenvalue weighted by atomic mass is 35.5. The van der Waals surface area contributed by atoms with Crippen LogP contribution in [0.4, 0.5) is 24.7 Å². The second-order valence-electron chi connectivity index (χ2n) is 4.99. The molecule has 0 bridgehead atoms. The molecule has 0 unspecified atom stereocenters. The third-order valence-electron chi connectivity index (χ3n) is 3.31. The van der Waals surface area contributed by atoms with Crippen LogP contribution in [0.1, 0.15) is 30.1 Å². The van der Waals surface area contributed by atoms with Crippen LogP contribution >= 0.6 is 11.6 Å². The zero-order chi connectivity index (χ0) is 15.1. The summed E-state index contributed by atoms with van der Waals surface area (Å²) in [5, 5.41) is 2.92. The van der Waals surface area contributed by atoms with E-state index in [1.54, 1.807) is 6.92 Å². The second kappa shape index (κ2) is 5.18. The fraction of sp³-hybridized carbons (Fsp3) is 0.286. The zero-order valence-corrected chi connectivity index (χ0v) is 11.8. The van der Waals surface area contributed by atoms with Gasteiger partial charge < -0.3 is 5.32 Å². The molecule has 1 aliphatic rings. The van der Waals surface area contributed by atoms with E-state index >= 15 is 0 Å². The number of nitrogens with one attached hydrogen (secondary N) is 1. The van der Waals surface area contributed by atoms with E-state index in [0.29, 0.717) is 23.3 Å². The SMILES string of the molecule is Cc1c(Cl)nc(C2CC2)nc1Nc1cc(F)c(F)cc1F. The van der Waals surface area contributed by atoms with Gasteiger partial charge in [-0.2, -0.15) is 0 Å². The van der Waals surface area contributed by atoms with Crippen LogP contribution in [0.2, 0.25) is 5.15 Å². The molecule has 3 nitrogen and oxygen atoms in total. The van der Waals surface area contributed by atoms with Crippen molar-refractivity contribution < 1.29 is 13.2 Å². The monoisotopic (exact) mass is 313 g/mol. The maximum Gasteiger partial charge on any atom is 0.161 e. The van der Waals surface area contributed by atoms with Crippen molar-refractivity contribution in [1.29, 1.82) is 0 Å². The molecule has 7 heteroatoms. The van der Waals surface area contributed by atoms with E-state index in [-0.39, 0.29) is 16.8 Å². The van der Waals surface area contributed by atoms with Crippen molar-refractivity contribution in [1.82, 2.24) is 9.97 Å². The smallest absolute Gasteiger partial charge is 0.161 e. The molecule has 1 saturated carbocycles. The predicted molar refractivity (Wildman–Crippen MR) is 73.4 cm³/mol. The molecule has 1 aliphatic carbocycles. The number of benzene rings is 1. The standard InChI is InChI=1S/C14H11ClF3N3/c1-6-12(15)20-14(7-2-3-7)21-13(6)19-11-5-9(17)8(16)4-10(11)18/h4-5,7H,2-3H2,1H3,(H,19,20,21). The Morgan fingerprint density at radius 1 is 1.10 bits per heavy atom. The molecule has 0 amide bonds. The minimum Gasteiger partial charge on any atom is -0.337 e. The van der Waals surface area contributed by atoms with Gasteiger partial charge in [-0.3, -0.25) is 0 Å². The van der Waals surface area contributed by atoms with E-state index in [9.17, 15) is 13.2 Å². The van der Waals surface area contributed by atoms with E-state index < -0.39 is 17.5 Å². The molecule has 21 heavy (non-hydrogen) atoms. The maximum absolute atomic E-state index is 13.7. The van der Waals surface area contributed by atoms with Crippen LogP contribution in [-0.4, -0.2) is 9.97 Å². The highest BCUT2D eigenvalue weighted by molar-refractivity contribution is 6.30. The lowest BCUT2D eigenvalue weighted by Gasteiger charge is -2.12. The van der Waals surface area contributed by atoms with Crippen molar-refractivity contribution in [3.05, 3.63) is 46.1 Å². The van der Waals surface area contributed by atoms with Crippen LogP contribution in [0.3, 0.4) is 0 Å². The Hall–Kier alpha value is -1.82. The van der Waals surface area contributed by atoms with Gasteiger partial charge in [0.2, 0.25) is 0 Å². The molecule has 0 saturated heterocycles. The third-order valence-corrected chi connectivity index (χ3v) is 3.68.